The number of hydrogen-bond acceptors (Lipinski definition) is 4. The maximum Gasteiger partial charge on any atom is 0.433 e. The summed E-state index contributed by atoms with van der Waals surface area (Å²) in [7, 11) is -4.50. The smallest absolute Gasteiger partial charge is 0.433 e. The summed E-state index contributed by atoms with van der Waals surface area (Å²) in [5.41, 5.74) is -2.06. The highest BCUT2D eigenvalue weighted by molar-refractivity contribution is 7.92. The van der Waals surface area contributed by atoms with Crippen molar-refractivity contribution >= 4 is 15.7 Å². The number of anilines is 1. The fourth-order valence-electron chi connectivity index (χ4n) is 5.17. The largest absolute Gasteiger partial charge is 0.486 e. The molecule has 208 valence electrons. The Hall–Kier alpha value is -3.28. The first kappa shape index (κ1) is 27.3. The third kappa shape index (κ3) is 5.57. The van der Waals surface area contributed by atoms with Crippen molar-refractivity contribution in [2.75, 3.05) is 10.8 Å². The van der Waals surface area contributed by atoms with E-state index in [1.165, 1.54) is 30.3 Å². The molecule has 3 aromatic rings. The second-order valence-corrected chi connectivity index (χ2v) is 11.9. The SMILES string of the molecule is CC1CC(CC2CN(S(=O)(=O)c3cccc(C(F)(F)F)c3)c3cc(-c4cccc(C(F)(F)F)n4)ccc3O2)C1. The highest BCUT2D eigenvalue weighted by Crippen LogP contribution is 2.44. The standard InChI is InChI=1S/C27H24F6N2O3S/c1-16-10-17(11-16)12-20-15-35(39(36,37)21-5-2-4-19(14-21)26(28,29)30)23-13-18(8-9-24(23)38-20)22-6-3-7-25(34-22)27(31,32)33/h2-9,13-14,16-17,20H,10-12,15H2,1H3. The van der Waals surface area contributed by atoms with Crippen LogP contribution >= 0.6 is 0 Å². The first-order valence-electron chi connectivity index (χ1n) is 12.3. The molecule has 5 rings (SSSR count). The molecule has 0 amide bonds. The fraction of sp³-hybridized carbons (Fsp3) is 0.370. The Morgan fingerprint density at radius 1 is 0.949 bits per heavy atom. The summed E-state index contributed by atoms with van der Waals surface area (Å²) in [6, 6.07) is 11.1. The van der Waals surface area contributed by atoms with Gasteiger partial charge in [-0.15, -0.1) is 0 Å². The van der Waals surface area contributed by atoms with Crippen LogP contribution in [0.3, 0.4) is 0 Å². The monoisotopic (exact) mass is 570 g/mol. The molecule has 1 atom stereocenters. The molecule has 0 saturated heterocycles. The van der Waals surface area contributed by atoms with Crippen LogP contribution in [0.5, 0.6) is 5.75 Å². The van der Waals surface area contributed by atoms with E-state index in [9.17, 15) is 34.8 Å². The van der Waals surface area contributed by atoms with Crippen LogP contribution in [-0.4, -0.2) is 26.1 Å². The minimum atomic E-state index is -4.75. The number of benzene rings is 2. The van der Waals surface area contributed by atoms with Crippen molar-refractivity contribution in [2.24, 2.45) is 11.8 Å². The van der Waals surface area contributed by atoms with Gasteiger partial charge in [-0.2, -0.15) is 26.3 Å². The molecule has 1 aliphatic heterocycles. The summed E-state index contributed by atoms with van der Waals surface area (Å²) in [4.78, 5) is 3.12. The van der Waals surface area contributed by atoms with Crippen molar-refractivity contribution in [1.29, 1.82) is 0 Å². The van der Waals surface area contributed by atoms with Gasteiger partial charge in [0.15, 0.2) is 0 Å². The molecule has 0 spiro atoms. The molecule has 5 nitrogen and oxygen atoms in total. The van der Waals surface area contributed by atoms with Crippen LogP contribution < -0.4 is 9.04 Å². The number of fused-ring (bicyclic) bond motifs is 1. The summed E-state index contributed by atoms with van der Waals surface area (Å²) in [5.74, 6) is 1.06. The number of ether oxygens (including phenoxy) is 1. The summed E-state index contributed by atoms with van der Waals surface area (Å²) >= 11 is 0. The first-order chi connectivity index (χ1) is 18.2. The highest BCUT2D eigenvalue weighted by Gasteiger charge is 2.39. The number of rotatable bonds is 5. The maximum atomic E-state index is 13.8. The molecule has 1 aromatic heterocycles. The average molecular weight is 571 g/mol. The van der Waals surface area contributed by atoms with E-state index in [1.54, 1.807) is 0 Å². The molecule has 0 bridgehead atoms. The predicted molar refractivity (Wildman–Crippen MR) is 132 cm³/mol. The van der Waals surface area contributed by atoms with Crippen molar-refractivity contribution in [3.63, 3.8) is 0 Å². The fourth-order valence-corrected chi connectivity index (χ4v) is 6.71. The number of sulfonamides is 1. The van der Waals surface area contributed by atoms with Crippen LogP contribution in [0.25, 0.3) is 11.3 Å². The number of halogens is 6. The Kier molecular flexibility index (Phi) is 6.80. The van der Waals surface area contributed by atoms with Gasteiger partial charge in [-0.05, 0) is 79.6 Å². The molecule has 0 radical (unpaired) electrons. The second-order valence-electron chi connectivity index (χ2n) is 10.1. The third-order valence-corrected chi connectivity index (χ3v) is 8.82. The van der Waals surface area contributed by atoms with Gasteiger partial charge in [0.2, 0.25) is 0 Å². The maximum absolute atomic E-state index is 13.8. The Balaban J connectivity index is 1.57. The van der Waals surface area contributed by atoms with E-state index in [-0.39, 0.29) is 29.2 Å². The molecule has 39 heavy (non-hydrogen) atoms. The first-order valence-corrected chi connectivity index (χ1v) is 13.7. The molecule has 1 saturated carbocycles. The highest BCUT2D eigenvalue weighted by atomic mass is 32.2. The molecule has 2 heterocycles. The minimum Gasteiger partial charge on any atom is -0.486 e. The lowest BCUT2D eigenvalue weighted by molar-refractivity contribution is -0.141. The van der Waals surface area contributed by atoms with Gasteiger partial charge in [-0.1, -0.05) is 19.1 Å². The van der Waals surface area contributed by atoms with Gasteiger partial charge < -0.3 is 4.74 Å². The molecule has 1 unspecified atom stereocenters. The molecule has 2 aliphatic rings. The number of alkyl halides is 6. The van der Waals surface area contributed by atoms with Gasteiger partial charge in [0.1, 0.15) is 17.5 Å². The van der Waals surface area contributed by atoms with E-state index in [1.807, 2.05) is 0 Å². The van der Waals surface area contributed by atoms with E-state index >= 15 is 0 Å². The number of hydrogen-bond donors (Lipinski definition) is 0. The van der Waals surface area contributed by atoms with Crippen LogP contribution in [0, 0.1) is 11.8 Å². The molecule has 2 aromatic carbocycles. The van der Waals surface area contributed by atoms with Crippen LogP contribution in [-0.2, 0) is 22.4 Å². The molecule has 1 aliphatic carbocycles. The third-order valence-electron chi connectivity index (χ3n) is 7.04. The number of pyridine rings is 1. The van der Waals surface area contributed by atoms with Crippen LogP contribution in [0.15, 0.2) is 65.6 Å². The van der Waals surface area contributed by atoms with Crippen molar-refractivity contribution in [3.8, 4) is 17.0 Å². The normalized spacial score (nSPS) is 21.6. The van der Waals surface area contributed by atoms with Crippen LogP contribution in [0.4, 0.5) is 32.0 Å². The van der Waals surface area contributed by atoms with E-state index in [2.05, 4.69) is 11.9 Å². The van der Waals surface area contributed by atoms with Crippen LogP contribution in [0.2, 0.25) is 0 Å². The molecule has 12 heteroatoms. The zero-order valence-electron chi connectivity index (χ0n) is 20.6. The van der Waals surface area contributed by atoms with Crippen molar-refractivity contribution in [3.05, 3.63) is 71.9 Å². The van der Waals surface area contributed by atoms with E-state index < -0.39 is 44.6 Å². The average Bonchev–Trinajstić information content (AvgIpc) is 2.86. The van der Waals surface area contributed by atoms with Gasteiger partial charge in [0.25, 0.3) is 10.0 Å². The summed E-state index contributed by atoms with van der Waals surface area (Å²) < 4.78 is 114. The summed E-state index contributed by atoms with van der Waals surface area (Å²) in [5, 5.41) is 0. The Bertz CT molecular complexity index is 1480. The quantitative estimate of drug-likeness (QED) is 0.305. The minimum absolute atomic E-state index is 0.0161. The van der Waals surface area contributed by atoms with Gasteiger partial charge in [0, 0.05) is 5.56 Å². The van der Waals surface area contributed by atoms with Crippen molar-refractivity contribution in [1.82, 2.24) is 4.98 Å². The molecule has 0 N–H and O–H groups in total. The van der Waals surface area contributed by atoms with E-state index in [0.717, 1.165) is 41.4 Å². The molecular formula is C27H24F6N2O3S. The zero-order valence-corrected chi connectivity index (χ0v) is 21.4. The Labute approximate surface area is 221 Å². The predicted octanol–water partition coefficient (Wildman–Crippen LogP) is 7.18. The zero-order chi connectivity index (χ0) is 28.2. The van der Waals surface area contributed by atoms with Gasteiger partial charge in [-0.25, -0.2) is 13.4 Å². The second kappa shape index (κ2) is 9.72. The Morgan fingerprint density at radius 3 is 2.33 bits per heavy atom. The summed E-state index contributed by atoms with van der Waals surface area (Å²) in [6.07, 6.45) is -7.48. The molecule has 1 fully saturated rings. The lowest BCUT2D eigenvalue weighted by Gasteiger charge is -2.40. The van der Waals surface area contributed by atoms with Crippen molar-refractivity contribution in [2.45, 2.75) is 49.5 Å². The van der Waals surface area contributed by atoms with Gasteiger partial charge >= 0.3 is 12.4 Å². The lowest BCUT2D eigenvalue weighted by atomic mass is 9.73. The lowest BCUT2D eigenvalue weighted by Crippen LogP contribution is -2.45. The topological polar surface area (TPSA) is 59.5 Å². The molecular weight excluding hydrogens is 546 g/mol. The van der Waals surface area contributed by atoms with Gasteiger partial charge in [0.05, 0.1) is 28.4 Å². The van der Waals surface area contributed by atoms with E-state index in [0.29, 0.717) is 24.3 Å². The summed E-state index contributed by atoms with van der Waals surface area (Å²) in [6.45, 7) is 1.96. The number of aromatic nitrogens is 1. The van der Waals surface area contributed by atoms with Crippen LogP contribution in [0.1, 0.15) is 37.4 Å². The van der Waals surface area contributed by atoms with E-state index in [4.69, 9.17) is 4.74 Å². The number of nitrogens with zero attached hydrogens (tertiary/aromatic N) is 2. The van der Waals surface area contributed by atoms with Gasteiger partial charge in [-0.3, -0.25) is 4.31 Å². The Morgan fingerprint density at radius 2 is 1.67 bits per heavy atom. The van der Waals surface area contributed by atoms with Crippen molar-refractivity contribution < 1.29 is 39.5 Å².